The molecule has 0 heterocycles. The first-order valence-corrected chi connectivity index (χ1v) is 8.02. The summed E-state index contributed by atoms with van der Waals surface area (Å²) in [6, 6.07) is 9.63. The Bertz CT molecular complexity index is 869. The van der Waals surface area contributed by atoms with Crippen LogP contribution in [0.15, 0.2) is 41.5 Å². The second kappa shape index (κ2) is 9.44. The molecule has 0 aromatic heterocycles. The summed E-state index contributed by atoms with van der Waals surface area (Å²) in [5, 5.41) is 13.7. The molecule has 9 heteroatoms. The van der Waals surface area contributed by atoms with E-state index in [0.717, 1.165) is 0 Å². The van der Waals surface area contributed by atoms with Gasteiger partial charge in [0, 0.05) is 10.6 Å². The normalized spacial score (nSPS) is 10.5. The monoisotopic (exact) mass is 392 g/mol. The van der Waals surface area contributed by atoms with E-state index in [4.69, 9.17) is 25.8 Å². The van der Waals surface area contributed by atoms with Gasteiger partial charge in [0.25, 0.3) is 5.91 Å². The van der Waals surface area contributed by atoms with E-state index in [2.05, 4.69) is 10.5 Å². The Morgan fingerprint density at radius 2 is 2.00 bits per heavy atom. The quantitative estimate of drug-likeness (QED) is 0.528. The average molecular weight is 393 g/mol. The van der Waals surface area contributed by atoms with Crippen molar-refractivity contribution in [1.29, 1.82) is 0 Å². The summed E-state index contributed by atoms with van der Waals surface area (Å²) in [6.07, 6.45) is 1.20. The first-order chi connectivity index (χ1) is 13.0. The molecule has 8 nitrogen and oxygen atoms in total. The van der Waals surface area contributed by atoms with Crippen LogP contribution in [0.5, 0.6) is 17.2 Å². The van der Waals surface area contributed by atoms with Gasteiger partial charge in [-0.2, -0.15) is 5.10 Å². The number of hydrogen-bond donors (Lipinski definition) is 2. The van der Waals surface area contributed by atoms with E-state index in [9.17, 15) is 14.7 Å². The molecule has 0 saturated carbocycles. The van der Waals surface area contributed by atoms with E-state index in [1.807, 2.05) is 0 Å². The van der Waals surface area contributed by atoms with Gasteiger partial charge in [-0.15, -0.1) is 0 Å². The predicted molar refractivity (Wildman–Crippen MR) is 99.2 cm³/mol. The van der Waals surface area contributed by atoms with Crippen molar-refractivity contribution >= 4 is 29.7 Å². The topological polar surface area (TPSA) is 106 Å². The molecule has 2 aromatic rings. The van der Waals surface area contributed by atoms with Crippen LogP contribution in [0.25, 0.3) is 0 Å². The van der Waals surface area contributed by atoms with Crippen molar-refractivity contribution in [2.45, 2.75) is 0 Å². The zero-order valence-electron chi connectivity index (χ0n) is 14.6. The highest BCUT2D eigenvalue weighted by molar-refractivity contribution is 6.30. The van der Waals surface area contributed by atoms with Gasteiger partial charge in [-0.25, -0.2) is 10.2 Å². The second-order valence-corrected chi connectivity index (χ2v) is 5.55. The Balaban J connectivity index is 2.05. The smallest absolute Gasteiger partial charge is 0.340 e. The van der Waals surface area contributed by atoms with E-state index in [0.29, 0.717) is 10.8 Å². The van der Waals surface area contributed by atoms with Gasteiger partial charge in [-0.05, 0) is 30.3 Å². The molecule has 142 valence electrons. The minimum Gasteiger partial charge on any atom is -0.493 e. The van der Waals surface area contributed by atoms with Crippen LogP contribution in [0.1, 0.15) is 15.9 Å². The van der Waals surface area contributed by atoms with Crippen LogP contribution in [0.3, 0.4) is 0 Å². The maximum atomic E-state index is 11.8. The number of methoxy groups -OCH3 is 2. The molecule has 0 aliphatic carbocycles. The van der Waals surface area contributed by atoms with Gasteiger partial charge in [0.05, 0.1) is 20.4 Å². The molecule has 27 heavy (non-hydrogen) atoms. The van der Waals surface area contributed by atoms with Gasteiger partial charge >= 0.3 is 5.97 Å². The Kier molecular flexibility index (Phi) is 7.01. The summed E-state index contributed by atoms with van der Waals surface area (Å²) in [4.78, 5) is 23.3. The number of carboxylic acid groups (broad SMARTS) is 1. The highest BCUT2D eigenvalue weighted by atomic mass is 35.5. The number of ether oxygens (including phenoxy) is 3. The lowest BCUT2D eigenvalue weighted by molar-refractivity contribution is -0.123. The van der Waals surface area contributed by atoms with Crippen molar-refractivity contribution in [1.82, 2.24) is 5.43 Å². The Labute approximate surface area is 160 Å². The lowest BCUT2D eigenvalue weighted by Gasteiger charge is -2.12. The van der Waals surface area contributed by atoms with Crippen LogP contribution in [-0.4, -0.2) is 44.0 Å². The fourth-order valence-corrected chi connectivity index (χ4v) is 2.36. The summed E-state index contributed by atoms with van der Waals surface area (Å²) in [5.41, 5.74) is 2.35. The molecule has 2 rings (SSSR count). The number of carbonyl (C=O) groups excluding carboxylic acids is 1. The zero-order valence-corrected chi connectivity index (χ0v) is 15.3. The Hall–Kier alpha value is -3.26. The van der Waals surface area contributed by atoms with Gasteiger partial charge in [-0.1, -0.05) is 17.7 Å². The van der Waals surface area contributed by atoms with E-state index in [1.165, 1.54) is 32.6 Å². The third kappa shape index (κ3) is 5.35. The van der Waals surface area contributed by atoms with Gasteiger partial charge < -0.3 is 19.3 Å². The highest BCUT2D eigenvalue weighted by Crippen LogP contribution is 2.32. The molecular formula is C18H17ClN2O6. The molecule has 0 radical (unpaired) electrons. The third-order valence-electron chi connectivity index (χ3n) is 3.35. The summed E-state index contributed by atoms with van der Waals surface area (Å²) in [7, 11) is 2.73. The second-order valence-electron chi connectivity index (χ2n) is 5.11. The van der Waals surface area contributed by atoms with Crippen molar-refractivity contribution in [3.05, 3.63) is 52.5 Å². The van der Waals surface area contributed by atoms with Gasteiger partial charge in [0.15, 0.2) is 18.1 Å². The minimum absolute atomic E-state index is 0.0598. The van der Waals surface area contributed by atoms with Crippen LogP contribution in [0.4, 0.5) is 0 Å². The maximum absolute atomic E-state index is 11.8. The van der Waals surface area contributed by atoms with Crippen LogP contribution in [0.2, 0.25) is 5.02 Å². The summed E-state index contributed by atoms with van der Waals surface area (Å²) in [5.74, 6) is -0.975. The summed E-state index contributed by atoms with van der Waals surface area (Å²) in [6.45, 7) is -0.282. The molecule has 0 aliphatic rings. The molecule has 2 aromatic carbocycles. The third-order valence-corrected chi connectivity index (χ3v) is 3.59. The first-order valence-electron chi connectivity index (χ1n) is 7.64. The van der Waals surface area contributed by atoms with E-state index in [-0.39, 0.29) is 29.2 Å². The van der Waals surface area contributed by atoms with E-state index in [1.54, 1.807) is 24.3 Å². The van der Waals surface area contributed by atoms with Gasteiger partial charge in [0.2, 0.25) is 0 Å². The highest BCUT2D eigenvalue weighted by Gasteiger charge is 2.20. The van der Waals surface area contributed by atoms with Crippen molar-refractivity contribution in [3.8, 4) is 17.2 Å². The fraction of sp³-hybridized carbons (Fsp3) is 0.167. The molecule has 0 unspecified atom stereocenters. The van der Waals surface area contributed by atoms with Crippen LogP contribution in [0, 0.1) is 0 Å². The van der Waals surface area contributed by atoms with E-state index < -0.39 is 11.9 Å². The number of benzene rings is 2. The number of nitrogens with one attached hydrogen (secondary N) is 1. The van der Waals surface area contributed by atoms with Crippen molar-refractivity contribution in [2.75, 3.05) is 20.8 Å². The van der Waals surface area contributed by atoms with Crippen LogP contribution < -0.4 is 19.6 Å². The molecule has 0 fully saturated rings. The minimum atomic E-state index is -1.22. The van der Waals surface area contributed by atoms with Crippen molar-refractivity contribution < 1.29 is 28.9 Å². The van der Waals surface area contributed by atoms with Crippen molar-refractivity contribution in [3.63, 3.8) is 0 Å². The molecule has 2 N–H and O–H groups in total. The molecule has 1 amide bonds. The lowest BCUT2D eigenvalue weighted by atomic mass is 10.1. The number of amides is 1. The molecule has 0 atom stereocenters. The van der Waals surface area contributed by atoms with Gasteiger partial charge in [0.1, 0.15) is 11.3 Å². The van der Waals surface area contributed by atoms with Crippen LogP contribution in [-0.2, 0) is 4.79 Å². The SMILES string of the molecule is COc1ccc(C=NNC(=O)COc2cccc(Cl)c2)c(C(=O)O)c1OC. The Morgan fingerprint density at radius 1 is 1.22 bits per heavy atom. The maximum Gasteiger partial charge on any atom is 0.340 e. The molecule has 0 saturated heterocycles. The largest absolute Gasteiger partial charge is 0.493 e. The van der Waals surface area contributed by atoms with Crippen LogP contribution >= 0.6 is 11.6 Å². The molecule has 0 spiro atoms. The average Bonchev–Trinajstić information content (AvgIpc) is 2.65. The van der Waals surface area contributed by atoms with Crippen molar-refractivity contribution in [2.24, 2.45) is 5.10 Å². The number of hydrogen-bond acceptors (Lipinski definition) is 6. The standard InChI is InChI=1S/C18H17ClN2O6/c1-25-14-7-6-11(16(18(23)24)17(14)26-2)9-20-21-15(22)10-27-13-5-3-4-12(19)8-13/h3-9H,10H2,1-2H3,(H,21,22)(H,23,24). The molecular weight excluding hydrogens is 376 g/mol. The predicted octanol–water partition coefficient (Wildman–Crippen LogP) is 2.58. The number of nitrogens with zero attached hydrogens (tertiary/aromatic N) is 1. The number of carboxylic acids is 1. The first kappa shape index (κ1) is 20.1. The van der Waals surface area contributed by atoms with Gasteiger partial charge in [-0.3, -0.25) is 4.79 Å². The molecule has 0 bridgehead atoms. The number of halogens is 1. The number of aromatic carboxylic acids is 1. The fourth-order valence-electron chi connectivity index (χ4n) is 2.18. The zero-order chi connectivity index (χ0) is 19.8. The number of hydrazone groups is 1. The molecule has 0 aliphatic heterocycles. The summed E-state index contributed by atoms with van der Waals surface area (Å²) >= 11 is 5.83. The Morgan fingerprint density at radius 3 is 2.63 bits per heavy atom. The number of rotatable bonds is 8. The number of carbonyl (C=O) groups is 2. The van der Waals surface area contributed by atoms with E-state index >= 15 is 0 Å². The summed E-state index contributed by atoms with van der Waals surface area (Å²) < 4.78 is 15.5. The lowest BCUT2D eigenvalue weighted by Crippen LogP contribution is -2.24.